The molecule has 0 fully saturated rings. The summed E-state index contributed by atoms with van der Waals surface area (Å²) in [7, 11) is 4.90. The predicted octanol–water partition coefficient (Wildman–Crippen LogP) is 2.84. The summed E-state index contributed by atoms with van der Waals surface area (Å²) < 4.78 is 16.1. The van der Waals surface area contributed by atoms with Gasteiger partial charge in [0.1, 0.15) is 5.75 Å². The van der Waals surface area contributed by atoms with Crippen LogP contribution in [-0.2, 0) is 6.54 Å². The van der Waals surface area contributed by atoms with Gasteiger partial charge in [-0.1, -0.05) is 18.2 Å². The second kappa shape index (κ2) is 6.30. The summed E-state index contributed by atoms with van der Waals surface area (Å²) in [6, 6.07) is 11.6. The monoisotopic (exact) mass is 273 g/mol. The fourth-order valence-electron chi connectivity index (χ4n) is 2.23. The van der Waals surface area contributed by atoms with E-state index in [0.717, 1.165) is 22.4 Å². The Morgan fingerprint density at radius 2 is 1.70 bits per heavy atom. The number of para-hydroxylation sites is 1. The van der Waals surface area contributed by atoms with Gasteiger partial charge in [0.05, 0.1) is 21.3 Å². The summed E-state index contributed by atoms with van der Waals surface area (Å²) in [5, 5.41) is 0. The van der Waals surface area contributed by atoms with Gasteiger partial charge in [0, 0.05) is 12.1 Å². The van der Waals surface area contributed by atoms with E-state index in [-0.39, 0.29) is 0 Å². The van der Waals surface area contributed by atoms with Gasteiger partial charge in [0.2, 0.25) is 0 Å². The molecule has 0 atom stereocenters. The van der Waals surface area contributed by atoms with Crippen LogP contribution in [0.15, 0.2) is 36.4 Å². The van der Waals surface area contributed by atoms with Crippen LogP contribution < -0.4 is 19.9 Å². The molecule has 20 heavy (non-hydrogen) atoms. The first-order valence-electron chi connectivity index (χ1n) is 6.33. The standard InChI is InChI=1S/C16H19NO3/c1-18-12-7-8-13(11(9-12)10-17)14-5-4-6-15(19-2)16(14)20-3/h4-9H,10,17H2,1-3H3. The lowest BCUT2D eigenvalue weighted by Crippen LogP contribution is -2.01. The molecule has 0 amide bonds. The van der Waals surface area contributed by atoms with Gasteiger partial charge in [-0.25, -0.2) is 0 Å². The van der Waals surface area contributed by atoms with Gasteiger partial charge in [-0.05, 0) is 29.3 Å². The zero-order chi connectivity index (χ0) is 14.5. The van der Waals surface area contributed by atoms with Crippen molar-refractivity contribution in [3.8, 4) is 28.4 Å². The van der Waals surface area contributed by atoms with E-state index in [1.807, 2.05) is 36.4 Å². The Morgan fingerprint density at radius 1 is 0.900 bits per heavy atom. The van der Waals surface area contributed by atoms with Gasteiger partial charge < -0.3 is 19.9 Å². The van der Waals surface area contributed by atoms with Crippen molar-refractivity contribution in [2.75, 3.05) is 21.3 Å². The van der Waals surface area contributed by atoms with Crippen molar-refractivity contribution >= 4 is 0 Å². The van der Waals surface area contributed by atoms with Gasteiger partial charge in [-0.3, -0.25) is 0 Å². The molecule has 0 saturated heterocycles. The Hall–Kier alpha value is -2.20. The second-order valence-corrected chi connectivity index (χ2v) is 4.27. The third-order valence-corrected chi connectivity index (χ3v) is 3.23. The number of benzene rings is 2. The van der Waals surface area contributed by atoms with E-state index in [9.17, 15) is 0 Å². The van der Waals surface area contributed by atoms with Crippen LogP contribution in [0.25, 0.3) is 11.1 Å². The van der Waals surface area contributed by atoms with Gasteiger partial charge in [-0.2, -0.15) is 0 Å². The van der Waals surface area contributed by atoms with E-state index in [2.05, 4.69) is 0 Å². The molecule has 2 rings (SSSR count). The van der Waals surface area contributed by atoms with Gasteiger partial charge in [0.25, 0.3) is 0 Å². The highest BCUT2D eigenvalue weighted by Crippen LogP contribution is 2.39. The molecule has 4 nitrogen and oxygen atoms in total. The Kier molecular flexibility index (Phi) is 4.48. The molecule has 0 saturated carbocycles. The lowest BCUT2D eigenvalue weighted by molar-refractivity contribution is 0.356. The zero-order valence-electron chi connectivity index (χ0n) is 12.0. The average molecular weight is 273 g/mol. The van der Waals surface area contributed by atoms with Crippen LogP contribution in [0.5, 0.6) is 17.2 Å². The molecule has 0 bridgehead atoms. The van der Waals surface area contributed by atoms with Crippen LogP contribution >= 0.6 is 0 Å². The smallest absolute Gasteiger partial charge is 0.168 e. The Labute approximate surface area is 119 Å². The van der Waals surface area contributed by atoms with Crippen LogP contribution in [0.4, 0.5) is 0 Å². The van der Waals surface area contributed by atoms with E-state index < -0.39 is 0 Å². The largest absolute Gasteiger partial charge is 0.497 e. The first kappa shape index (κ1) is 14.2. The number of nitrogens with two attached hydrogens (primary N) is 1. The molecule has 2 N–H and O–H groups in total. The number of hydrogen-bond donors (Lipinski definition) is 1. The van der Waals surface area contributed by atoms with Crippen molar-refractivity contribution in [3.05, 3.63) is 42.0 Å². The van der Waals surface area contributed by atoms with Gasteiger partial charge >= 0.3 is 0 Å². The minimum atomic E-state index is 0.424. The summed E-state index contributed by atoms with van der Waals surface area (Å²) >= 11 is 0. The summed E-state index contributed by atoms with van der Waals surface area (Å²) in [6.07, 6.45) is 0. The van der Waals surface area contributed by atoms with E-state index >= 15 is 0 Å². The SMILES string of the molecule is COc1ccc(-c2cccc(OC)c2OC)c(CN)c1. The first-order chi connectivity index (χ1) is 9.74. The van der Waals surface area contributed by atoms with Gasteiger partial charge in [-0.15, -0.1) is 0 Å². The van der Waals surface area contributed by atoms with Crippen molar-refractivity contribution in [1.82, 2.24) is 0 Å². The third kappa shape index (κ3) is 2.56. The normalized spacial score (nSPS) is 10.2. The Bertz CT molecular complexity index is 596. The molecule has 0 aliphatic rings. The molecule has 0 spiro atoms. The van der Waals surface area contributed by atoms with Crippen LogP contribution in [0.3, 0.4) is 0 Å². The van der Waals surface area contributed by atoms with E-state index in [0.29, 0.717) is 18.0 Å². The van der Waals surface area contributed by atoms with Crippen molar-refractivity contribution in [3.63, 3.8) is 0 Å². The minimum Gasteiger partial charge on any atom is -0.497 e. The van der Waals surface area contributed by atoms with E-state index in [1.54, 1.807) is 21.3 Å². The maximum Gasteiger partial charge on any atom is 0.168 e. The lowest BCUT2D eigenvalue weighted by Gasteiger charge is -2.15. The van der Waals surface area contributed by atoms with E-state index in [4.69, 9.17) is 19.9 Å². The molecule has 0 radical (unpaired) electrons. The number of hydrogen-bond acceptors (Lipinski definition) is 4. The molecule has 106 valence electrons. The van der Waals surface area contributed by atoms with Crippen molar-refractivity contribution in [2.45, 2.75) is 6.54 Å². The van der Waals surface area contributed by atoms with Crippen molar-refractivity contribution < 1.29 is 14.2 Å². The molecule has 4 heteroatoms. The molecule has 0 aliphatic heterocycles. The summed E-state index contributed by atoms with van der Waals surface area (Å²) in [5.74, 6) is 2.19. The van der Waals surface area contributed by atoms with Crippen LogP contribution in [0.1, 0.15) is 5.56 Å². The second-order valence-electron chi connectivity index (χ2n) is 4.27. The molecule has 0 aromatic heterocycles. The lowest BCUT2D eigenvalue weighted by atomic mass is 9.98. The Morgan fingerprint density at radius 3 is 2.30 bits per heavy atom. The van der Waals surface area contributed by atoms with Crippen LogP contribution in [-0.4, -0.2) is 21.3 Å². The topological polar surface area (TPSA) is 53.7 Å². The van der Waals surface area contributed by atoms with Crippen molar-refractivity contribution in [2.24, 2.45) is 5.73 Å². The summed E-state index contributed by atoms with van der Waals surface area (Å²) in [4.78, 5) is 0. The fraction of sp³-hybridized carbons (Fsp3) is 0.250. The molecule has 0 unspecified atom stereocenters. The Balaban J connectivity index is 2.62. The fourth-order valence-corrected chi connectivity index (χ4v) is 2.23. The number of methoxy groups -OCH3 is 3. The summed E-state index contributed by atoms with van der Waals surface area (Å²) in [5.41, 5.74) is 8.81. The molecule has 2 aromatic rings. The minimum absolute atomic E-state index is 0.424. The van der Waals surface area contributed by atoms with Crippen LogP contribution in [0.2, 0.25) is 0 Å². The number of rotatable bonds is 5. The highest BCUT2D eigenvalue weighted by molar-refractivity contribution is 5.76. The quantitative estimate of drug-likeness (QED) is 0.910. The molecule has 2 aromatic carbocycles. The average Bonchev–Trinajstić information content (AvgIpc) is 2.53. The summed E-state index contributed by atoms with van der Waals surface area (Å²) in [6.45, 7) is 0.424. The third-order valence-electron chi connectivity index (χ3n) is 3.23. The highest BCUT2D eigenvalue weighted by Gasteiger charge is 2.14. The predicted molar refractivity (Wildman–Crippen MR) is 79.4 cm³/mol. The first-order valence-corrected chi connectivity index (χ1v) is 6.33. The molecule has 0 aliphatic carbocycles. The van der Waals surface area contributed by atoms with E-state index in [1.165, 1.54) is 0 Å². The zero-order valence-corrected chi connectivity index (χ0v) is 12.0. The molecule has 0 heterocycles. The van der Waals surface area contributed by atoms with Crippen molar-refractivity contribution in [1.29, 1.82) is 0 Å². The number of ether oxygens (including phenoxy) is 3. The van der Waals surface area contributed by atoms with Gasteiger partial charge in [0.15, 0.2) is 11.5 Å². The van der Waals surface area contributed by atoms with Crippen LogP contribution in [0, 0.1) is 0 Å². The molecular formula is C16H19NO3. The maximum atomic E-state index is 5.85. The molecular weight excluding hydrogens is 254 g/mol. The maximum absolute atomic E-state index is 5.85. The highest BCUT2D eigenvalue weighted by atomic mass is 16.5.